The molecule has 2 rings (SSSR count). The fraction of sp³-hybridized carbons (Fsp3) is 0.231. The van der Waals surface area contributed by atoms with E-state index < -0.39 is 0 Å². The fourth-order valence-electron chi connectivity index (χ4n) is 1.77. The maximum atomic E-state index is 5.68. The molecule has 1 atom stereocenters. The van der Waals surface area contributed by atoms with Gasteiger partial charge in [0.15, 0.2) is 0 Å². The molecule has 0 fully saturated rings. The average molecular weight is 277 g/mol. The second-order valence-electron chi connectivity index (χ2n) is 4.14. The normalized spacial score (nSPS) is 12.1. The molecule has 94 valence electrons. The Bertz CT molecular complexity index is 523. The fourth-order valence-corrected chi connectivity index (χ4v) is 2.61. The first-order valence-corrected chi connectivity index (χ1v) is 7.04. The highest BCUT2D eigenvalue weighted by Crippen LogP contribution is 2.15. The minimum Gasteiger partial charge on any atom is -0.389 e. The molecule has 1 unspecified atom stereocenters. The van der Waals surface area contributed by atoms with Gasteiger partial charge in [0, 0.05) is 12.2 Å². The molecule has 3 N–H and O–H groups in total. The van der Waals surface area contributed by atoms with E-state index in [-0.39, 0.29) is 6.04 Å². The maximum absolute atomic E-state index is 5.68. The Morgan fingerprint density at radius 1 is 1.56 bits per heavy atom. The van der Waals surface area contributed by atoms with Crippen molar-refractivity contribution in [3.8, 4) is 0 Å². The summed E-state index contributed by atoms with van der Waals surface area (Å²) in [4.78, 5) is 4.66. The van der Waals surface area contributed by atoms with Crippen molar-refractivity contribution in [2.75, 3.05) is 5.32 Å². The minimum atomic E-state index is 0.280. The summed E-state index contributed by atoms with van der Waals surface area (Å²) in [6.45, 7) is 2.12. The van der Waals surface area contributed by atoms with Crippen LogP contribution in [0.3, 0.4) is 0 Å². The van der Waals surface area contributed by atoms with Crippen LogP contribution in [-0.4, -0.2) is 16.0 Å². The molecule has 0 saturated carbocycles. The Hall–Kier alpha value is -1.46. The Labute approximate surface area is 116 Å². The lowest BCUT2D eigenvalue weighted by atomic mass is 10.1. The van der Waals surface area contributed by atoms with Gasteiger partial charge in [-0.3, -0.25) is 0 Å². The second-order valence-corrected chi connectivity index (χ2v) is 5.36. The zero-order valence-electron chi connectivity index (χ0n) is 10.1. The zero-order chi connectivity index (χ0) is 13.0. The molecule has 2 aromatic heterocycles. The molecule has 18 heavy (non-hydrogen) atoms. The number of aromatic nitrogens is 1. The Morgan fingerprint density at radius 2 is 2.39 bits per heavy atom. The molecule has 0 aliphatic rings. The molecule has 0 radical (unpaired) electrons. The van der Waals surface area contributed by atoms with E-state index in [0.29, 0.717) is 4.99 Å². The predicted octanol–water partition coefficient (Wildman–Crippen LogP) is 2.82. The molecule has 5 heteroatoms. The minimum absolute atomic E-state index is 0.280. The number of thiophene rings is 1. The van der Waals surface area contributed by atoms with Gasteiger partial charge in [-0.05, 0) is 47.9 Å². The molecule has 2 heterocycles. The molecular formula is C13H15N3S2. The standard InChI is InChI=1S/C13H15N3S2/c1-9(7-10-4-6-18-8-10)16-13-11(12(14)17)3-2-5-15-13/h2-6,8-9H,7H2,1H3,(H2,14,17)(H,15,16). The van der Waals surface area contributed by atoms with Crippen LogP contribution in [0.4, 0.5) is 5.82 Å². The SMILES string of the molecule is CC(Cc1ccsc1)Nc1ncccc1C(N)=S. The zero-order valence-corrected chi connectivity index (χ0v) is 11.7. The lowest BCUT2D eigenvalue weighted by molar-refractivity contribution is 0.786. The van der Waals surface area contributed by atoms with E-state index >= 15 is 0 Å². The van der Waals surface area contributed by atoms with Crippen molar-refractivity contribution >= 4 is 34.4 Å². The molecule has 0 aliphatic carbocycles. The van der Waals surface area contributed by atoms with E-state index in [9.17, 15) is 0 Å². The summed E-state index contributed by atoms with van der Waals surface area (Å²) in [6, 6.07) is 6.14. The van der Waals surface area contributed by atoms with E-state index in [2.05, 4.69) is 34.1 Å². The number of anilines is 1. The smallest absolute Gasteiger partial charge is 0.136 e. The van der Waals surface area contributed by atoms with E-state index in [1.807, 2.05) is 12.1 Å². The summed E-state index contributed by atoms with van der Waals surface area (Å²) in [5.74, 6) is 0.757. The molecule has 0 bridgehead atoms. The Morgan fingerprint density at radius 3 is 3.06 bits per heavy atom. The van der Waals surface area contributed by atoms with Crippen molar-refractivity contribution in [3.63, 3.8) is 0 Å². The van der Waals surface area contributed by atoms with Gasteiger partial charge in [-0.1, -0.05) is 12.2 Å². The van der Waals surface area contributed by atoms with Crippen molar-refractivity contribution in [2.24, 2.45) is 5.73 Å². The van der Waals surface area contributed by atoms with Crippen molar-refractivity contribution < 1.29 is 0 Å². The van der Waals surface area contributed by atoms with Gasteiger partial charge in [0.25, 0.3) is 0 Å². The summed E-state index contributed by atoms with van der Waals surface area (Å²) < 4.78 is 0. The summed E-state index contributed by atoms with van der Waals surface area (Å²) >= 11 is 6.73. The quantitative estimate of drug-likeness (QED) is 0.825. The first kappa shape index (κ1) is 13.0. The number of nitrogens with zero attached hydrogens (tertiary/aromatic N) is 1. The number of hydrogen-bond donors (Lipinski definition) is 2. The van der Waals surface area contributed by atoms with Gasteiger partial charge in [-0.15, -0.1) is 0 Å². The van der Waals surface area contributed by atoms with Crippen LogP contribution in [0.1, 0.15) is 18.1 Å². The maximum Gasteiger partial charge on any atom is 0.136 e. The van der Waals surface area contributed by atoms with Crippen LogP contribution in [0.5, 0.6) is 0 Å². The predicted molar refractivity (Wildman–Crippen MR) is 81.2 cm³/mol. The number of rotatable bonds is 5. The van der Waals surface area contributed by atoms with E-state index in [1.54, 1.807) is 17.5 Å². The number of nitrogens with two attached hydrogens (primary N) is 1. The second kappa shape index (κ2) is 5.93. The lowest BCUT2D eigenvalue weighted by Crippen LogP contribution is -2.22. The van der Waals surface area contributed by atoms with E-state index in [1.165, 1.54) is 5.56 Å². The third-order valence-electron chi connectivity index (χ3n) is 2.58. The van der Waals surface area contributed by atoms with Gasteiger partial charge in [0.05, 0.1) is 5.56 Å². The van der Waals surface area contributed by atoms with Gasteiger partial charge < -0.3 is 11.1 Å². The molecule has 0 amide bonds. The first-order chi connectivity index (χ1) is 8.66. The molecule has 2 aromatic rings. The molecule has 0 aromatic carbocycles. The van der Waals surface area contributed by atoms with Crippen molar-refractivity contribution in [2.45, 2.75) is 19.4 Å². The molecule has 3 nitrogen and oxygen atoms in total. The van der Waals surface area contributed by atoms with Crippen LogP contribution >= 0.6 is 23.6 Å². The molecule has 0 saturated heterocycles. The number of thiocarbonyl (C=S) groups is 1. The van der Waals surface area contributed by atoms with Crippen LogP contribution in [-0.2, 0) is 6.42 Å². The average Bonchev–Trinajstić information content (AvgIpc) is 2.82. The van der Waals surface area contributed by atoms with E-state index in [4.69, 9.17) is 18.0 Å². The van der Waals surface area contributed by atoms with Crippen LogP contribution in [0, 0.1) is 0 Å². The highest BCUT2D eigenvalue weighted by molar-refractivity contribution is 7.80. The summed E-state index contributed by atoms with van der Waals surface area (Å²) in [5.41, 5.74) is 7.80. The third-order valence-corrected chi connectivity index (χ3v) is 3.53. The molecule has 0 aliphatic heterocycles. The molecule has 0 spiro atoms. The number of pyridine rings is 1. The Balaban J connectivity index is 2.07. The topological polar surface area (TPSA) is 50.9 Å². The Kier molecular flexibility index (Phi) is 4.28. The number of hydrogen-bond acceptors (Lipinski definition) is 4. The van der Waals surface area contributed by atoms with Gasteiger partial charge in [0.1, 0.15) is 10.8 Å². The summed E-state index contributed by atoms with van der Waals surface area (Å²) in [6.07, 6.45) is 2.69. The van der Waals surface area contributed by atoms with Crippen LogP contribution in [0.25, 0.3) is 0 Å². The van der Waals surface area contributed by atoms with Crippen molar-refractivity contribution in [1.82, 2.24) is 4.98 Å². The highest BCUT2D eigenvalue weighted by Gasteiger charge is 2.09. The van der Waals surface area contributed by atoms with Gasteiger partial charge in [-0.25, -0.2) is 4.98 Å². The summed E-state index contributed by atoms with van der Waals surface area (Å²) in [5, 5.41) is 7.60. The van der Waals surface area contributed by atoms with Gasteiger partial charge in [0.2, 0.25) is 0 Å². The molecular weight excluding hydrogens is 262 g/mol. The first-order valence-electron chi connectivity index (χ1n) is 5.69. The van der Waals surface area contributed by atoms with Gasteiger partial charge >= 0.3 is 0 Å². The van der Waals surface area contributed by atoms with Gasteiger partial charge in [-0.2, -0.15) is 11.3 Å². The lowest BCUT2D eigenvalue weighted by Gasteiger charge is -2.16. The number of nitrogens with one attached hydrogen (secondary N) is 1. The highest BCUT2D eigenvalue weighted by atomic mass is 32.1. The van der Waals surface area contributed by atoms with Crippen LogP contribution in [0.15, 0.2) is 35.2 Å². The van der Waals surface area contributed by atoms with E-state index in [0.717, 1.165) is 17.8 Å². The van der Waals surface area contributed by atoms with Crippen molar-refractivity contribution in [3.05, 3.63) is 46.3 Å². The van der Waals surface area contributed by atoms with Crippen LogP contribution < -0.4 is 11.1 Å². The largest absolute Gasteiger partial charge is 0.389 e. The summed E-state index contributed by atoms with van der Waals surface area (Å²) in [7, 11) is 0. The van der Waals surface area contributed by atoms with Crippen molar-refractivity contribution in [1.29, 1.82) is 0 Å². The third kappa shape index (κ3) is 3.27. The monoisotopic (exact) mass is 277 g/mol. The van der Waals surface area contributed by atoms with Crippen LogP contribution in [0.2, 0.25) is 0 Å².